The Bertz CT molecular complexity index is 164. The molecule has 1 aromatic heterocycles. The van der Waals surface area contributed by atoms with Crippen molar-refractivity contribution in [2.75, 3.05) is 12.4 Å². The van der Waals surface area contributed by atoms with Crippen LogP contribution in [0, 0.1) is 0 Å². The maximum atomic E-state index is 4.86. The normalized spacial score (nSPS) is 10.1. The molecule has 0 aliphatic rings. The molecule has 0 saturated carbocycles. The van der Waals surface area contributed by atoms with Crippen molar-refractivity contribution in [3.8, 4) is 0 Å². The first-order valence-electron chi connectivity index (χ1n) is 2.91. The van der Waals surface area contributed by atoms with E-state index in [0.717, 1.165) is 5.75 Å². The van der Waals surface area contributed by atoms with Gasteiger partial charge in [0.25, 0.3) is 0 Å². The van der Waals surface area contributed by atoms with Crippen molar-refractivity contribution in [2.45, 2.75) is 4.21 Å². The molecule has 0 saturated heterocycles. The smallest absolute Gasteiger partial charge is 0.0773 e. The van der Waals surface area contributed by atoms with Gasteiger partial charge in [0.1, 0.15) is 0 Å². The molecule has 0 amide bonds. The van der Waals surface area contributed by atoms with Crippen molar-refractivity contribution >= 4 is 23.1 Å². The minimum atomic E-state index is 0.614. The second kappa shape index (κ2) is 4.73. The summed E-state index contributed by atoms with van der Waals surface area (Å²) in [5.74, 6) is 5.79. The molecule has 0 unspecified atom stereocenters. The highest BCUT2D eigenvalue weighted by Crippen LogP contribution is 2.22. The van der Waals surface area contributed by atoms with Crippen LogP contribution in [-0.4, -0.2) is 12.4 Å². The second-order valence-electron chi connectivity index (χ2n) is 1.65. The Morgan fingerprint density at radius 3 is 3.20 bits per heavy atom. The van der Waals surface area contributed by atoms with Gasteiger partial charge in [0.15, 0.2) is 0 Å². The Morgan fingerprint density at radius 1 is 1.70 bits per heavy atom. The van der Waals surface area contributed by atoms with Crippen LogP contribution in [0.1, 0.15) is 0 Å². The molecule has 0 aromatic carbocycles. The van der Waals surface area contributed by atoms with Gasteiger partial charge in [-0.2, -0.15) is 0 Å². The number of thiophene rings is 1. The van der Waals surface area contributed by atoms with Crippen LogP contribution < -0.4 is 5.90 Å². The number of nitrogens with two attached hydrogens (primary N) is 1. The Kier molecular flexibility index (Phi) is 3.82. The van der Waals surface area contributed by atoms with E-state index in [4.69, 9.17) is 5.90 Å². The minimum absolute atomic E-state index is 0.614. The van der Waals surface area contributed by atoms with Crippen LogP contribution in [0.5, 0.6) is 0 Å². The molecule has 1 heterocycles. The van der Waals surface area contributed by atoms with Crippen molar-refractivity contribution in [2.24, 2.45) is 5.90 Å². The van der Waals surface area contributed by atoms with Crippen LogP contribution in [0.2, 0.25) is 0 Å². The average Bonchev–Trinajstić information content (AvgIpc) is 2.41. The van der Waals surface area contributed by atoms with Gasteiger partial charge in [-0.15, -0.1) is 23.1 Å². The van der Waals surface area contributed by atoms with Crippen LogP contribution >= 0.6 is 23.1 Å². The van der Waals surface area contributed by atoms with Crippen LogP contribution in [0.3, 0.4) is 0 Å². The zero-order valence-corrected chi connectivity index (χ0v) is 7.08. The van der Waals surface area contributed by atoms with Gasteiger partial charge in [0.2, 0.25) is 0 Å². The highest BCUT2D eigenvalue weighted by atomic mass is 32.2. The van der Waals surface area contributed by atoms with Crippen LogP contribution in [0.15, 0.2) is 21.7 Å². The van der Waals surface area contributed by atoms with E-state index in [1.807, 2.05) is 6.07 Å². The third-order valence-electron chi connectivity index (χ3n) is 0.941. The fourth-order valence-corrected chi connectivity index (χ4v) is 2.23. The Morgan fingerprint density at radius 2 is 2.60 bits per heavy atom. The first-order valence-corrected chi connectivity index (χ1v) is 4.78. The van der Waals surface area contributed by atoms with Crippen molar-refractivity contribution in [3.05, 3.63) is 17.5 Å². The van der Waals surface area contributed by atoms with Gasteiger partial charge in [-0.3, -0.25) is 0 Å². The average molecular weight is 175 g/mol. The minimum Gasteiger partial charge on any atom is -0.304 e. The highest BCUT2D eigenvalue weighted by molar-refractivity contribution is 8.01. The van der Waals surface area contributed by atoms with Gasteiger partial charge in [-0.05, 0) is 11.4 Å². The van der Waals surface area contributed by atoms with E-state index in [9.17, 15) is 0 Å². The van der Waals surface area contributed by atoms with Gasteiger partial charge in [0.05, 0.1) is 10.8 Å². The lowest BCUT2D eigenvalue weighted by Gasteiger charge is -1.94. The lowest BCUT2D eigenvalue weighted by atomic mass is 10.7. The van der Waals surface area contributed by atoms with Gasteiger partial charge < -0.3 is 4.84 Å². The molecule has 1 aromatic rings. The van der Waals surface area contributed by atoms with Gasteiger partial charge in [-0.1, -0.05) is 6.07 Å². The van der Waals surface area contributed by atoms with E-state index in [2.05, 4.69) is 16.3 Å². The molecule has 0 fully saturated rings. The molecule has 0 radical (unpaired) electrons. The number of hydrogen-bond donors (Lipinski definition) is 1. The first kappa shape index (κ1) is 8.07. The maximum absolute atomic E-state index is 4.86. The molecule has 10 heavy (non-hydrogen) atoms. The summed E-state index contributed by atoms with van der Waals surface area (Å²) < 4.78 is 1.32. The molecule has 2 N–H and O–H groups in total. The molecular weight excluding hydrogens is 166 g/mol. The Balaban J connectivity index is 2.15. The molecule has 4 heteroatoms. The molecule has 0 aliphatic carbocycles. The standard InChI is InChI=1S/C6H9NOS2/c7-8-3-5-10-6-2-1-4-9-6/h1-2,4H,3,5,7H2. The van der Waals surface area contributed by atoms with Gasteiger partial charge in [-0.25, -0.2) is 5.90 Å². The summed E-state index contributed by atoms with van der Waals surface area (Å²) in [7, 11) is 0. The fourth-order valence-electron chi connectivity index (χ4n) is 0.536. The van der Waals surface area contributed by atoms with Crippen molar-refractivity contribution in [3.63, 3.8) is 0 Å². The predicted molar refractivity (Wildman–Crippen MR) is 45.2 cm³/mol. The van der Waals surface area contributed by atoms with E-state index in [1.54, 1.807) is 23.1 Å². The van der Waals surface area contributed by atoms with Crippen molar-refractivity contribution in [1.29, 1.82) is 0 Å². The summed E-state index contributed by atoms with van der Waals surface area (Å²) in [5, 5.41) is 2.06. The Labute approximate surface area is 68.3 Å². The van der Waals surface area contributed by atoms with Gasteiger partial charge in [0, 0.05) is 5.75 Å². The molecule has 0 spiro atoms. The summed E-state index contributed by atoms with van der Waals surface area (Å²) in [6, 6.07) is 4.13. The molecule has 0 aliphatic heterocycles. The first-order chi connectivity index (χ1) is 4.93. The molecule has 2 nitrogen and oxygen atoms in total. The summed E-state index contributed by atoms with van der Waals surface area (Å²) in [6.45, 7) is 0.614. The zero-order chi connectivity index (χ0) is 7.23. The zero-order valence-electron chi connectivity index (χ0n) is 5.45. The SMILES string of the molecule is NOCCSc1cccs1. The summed E-state index contributed by atoms with van der Waals surface area (Å²) in [6.07, 6.45) is 0. The van der Waals surface area contributed by atoms with E-state index in [0.29, 0.717) is 6.61 Å². The predicted octanol–water partition coefficient (Wildman–Crippen LogP) is 1.73. The molecule has 0 bridgehead atoms. The monoisotopic (exact) mass is 175 g/mol. The van der Waals surface area contributed by atoms with Crippen LogP contribution in [0.25, 0.3) is 0 Å². The topological polar surface area (TPSA) is 35.2 Å². The third-order valence-corrected chi connectivity index (χ3v) is 3.04. The van der Waals surface area contributed by atoms with Crippen LogP contribution in [0.4, 0.5) is 0 Å². The lowest BCUT2D eigenvalue weighted by Crippen LogP contribution is -2.02. The van der Waals surface area contributed by atoms with Crippen molar-refractivity contribution in [1.82, 2.24) is 0 Å². The summed E-state index contributed by atoms with van der Waals surface area (Å²) in [4.78, 5) is 4.42. The van der Waals surface area contributed by atoms with E-state index >= 15 is 0 Å². The number of rotatable bonds is 4. The molecule has 56 valence electrons. The summed E-state index contributed by atoms with van der Waals surface area (Å²) >= 11 is 3.51. The third kappa shape index (κ3) is 2.70. The van der Waals surface area contributed by atoms with E-state index in [1.165, 1.54) is 4.21 Å². The largest absolute Gasteiger partial charge is 0.304 e. The Hall–Kier alpha value is -0.0300. The molecule has 0 atom stereocenters. The lowest BCUT2D eigenvalue weighted by molar-refractivity contribution is 0.155. The fraction of sp³-hybridized carbons (Fsp3) is 0.333. The van der Waals surface area contributed by atoms with E-state index in [-0.39, 0.29) is 0 Å². The molecule has 1 rings (SSSR count). The molecular formula is C6H9NOS2. The number of thioether (sulfide) groups is 1. The summed E-state index contributed by atoms with van der Waals surface area (Å²) in [5.41, 5.74) is 0. The quantitative estimate of drug-likeness (QED) is 0.430. The number of hydrogen-bond acceptors (Lipinski definition) is 4. The maximum Gasteiger partial charge on any atom is 0.0773 e. The highest BCUT2D eigenvalue weighted by Gasteiger charge is 1.92. The van der Waals surface area contributed by atoms with Crippen molar-refractivity contribution < 1.29 is 4.84 Å². The van der Waals surface area contributed by atoms with Crippen LogP contribution in [-0.2, 0) is 4.84 Å². The van der Waals surface area contributed by atoms with E-state index < -0.39 is 0 Å². The second-order valence-corrected chi connectivity index (χ2v) is 3.99. The van der Waals surface area contributed by atoms with Gasteiger partial charge >= 0.3 is 0 Å².